The first-order valence-corrected chi connectivity index (χ1v) is 6.43. The maximum atomic E-state index is 5.69. The molecule has 0 radical (unpaired) electrons. The molecule has 3 N–H and O–H groups in total. The quantitative estimate of drug-likeness (QED) is 0.725. The Morgan fingerprint density at radius 3 is 2.83 bits per heavy atom. The number of hydrogen-bond acceptors (Lipinski definition) is 2. The fourth-order valence-corrected chi connectivity index (χ4v) is 2.92. The average Bonchev–Trinajstić information content (AvgIpc) is 2.86. The Morgan fingerprint density at radius 2 is 2.17 bits per heavy atom. The Bertz CT molecular complexity index is 739. The molecular formula is C13H13BrN4. The topological polar surface area (TPSA) is 59.6 Å². The van der Waals surface area contributed by atoms with Crippen LogP contribution >= 0.6 is 15.9 Å². The third-order valence-corrected chi connectivity index (χ3v) is 4.00. The number of aryl methyl sites for hydroxylation is 1. The van der Waals surface area contributed by atoms with Crippen LogP contribution in [0.15, 0.2) is 28.7 Å². The van der Waals surface area contributed by atoms with E-state index in [9.17, 15) is 0 Å². The summed E-state index contributed by atoms with van der Waals surface area (Å²) in [6.07, 6.45) is 0. The molecule has 18 heavy (non-hydrogen) atoms. The van der Waals surface area contributed by atoms with E-state index in [1.165, 1.54) is 16.6 Å². The van der Waals surface area contributed by atoms with Crippen LogP contribution in [0.1, 0.15) is 5.69 Å². The van der Waals surface area contributed by atoms with Crippen molar-refractivity contribution in [1.29, 1.82) is 0 Å². The summed E-state index contributed by atoms with van der Waals surface area (Å²) in [7, 11) is 2.06. The summed E-state index contributed by atoms with van der Waals surface area (Å²) in [5.41, 5.74) is 10.1. The number of anilines is 1. The summed E-state index contributed by atoms with van der Waals surface area (Å²) in [4.78, 5) is 0. The molecule has 3 aromatic rings. The molecule has 0 atom stereocenters. The first kappa shape index (κ1) is 11.3. The lowest BCUT2D eigenvalue weighted by Gasteiger charge is -1.99. The first-order valence-electron chi connectivity index (χ1n) is 5.64. The number of aromatic nitrogens is 3. The van der Waals surface area contributed by atoms with Gasteiger partial charge in [-0.05, 0) is 19.1 Å². The van der Waals surface area contributed by atoms with Crippen LogP contribution in [0.5, 0.6) is 0 Å². The van der Waals surface area contributed by atoms with E-state index in [2.05, 4.69) is 50.7 Å². The molecule has 0 aliphatic heterocycles. The van der Waals surface area contributed by atoms with Crippen molar-refractivity contribution < 1.29 is 0 Å². The van der Waals surface area contributed by atoms with E-state index in [-0.39, 0.29) is 0 Å². The normalized spacial score (nSPS) is 11.3. The Labute approximate surface area is 113 Å². The van der Waals surface area contributed by atoms with Gasteiger partial charge >= 0.3 is 0 Å². The van der Waals surface area contributed by atoms with E-state index in [1.807, 2.05) is 18.2 Å². The lowest BCUT2D eigenvalue weighted by atomic mass is 10.1. The minimum Gasteiger partial charge on any atom is -0.382 e. The molecule has 0 aliphatic carbocycles. The molecule has 2 aromatic heterocycles. The molecule has 0 unspecified atom stereocenters. The number of hydrogen-bond donors (Lipinski definition) is 2. The second-order valence-corrected chi connectivity index (χ2v) is 5.21. The second-order valence-electron chi connectivity index (χ2n) is 4.36. The Morgan fingerprint density at radius 1 is 1.39 bits per heavy atom. The van der Waals surface area contributed by atoms with Gasteiger partial charge in [0.05, 0.1) is 5.69 Å². The average molecular weight is 305 g/mol. The van der Waals surface area contributed by atoms with Gasteiger partial charge in [-0.15, -0.1) is 0 Å². The predicted octanol–water partition coefficient (Wildman–Crippen LogP) is 3.22. The molecule has 2 heterocycles. The van der Waals surface area contributed by atoms with Gasteiger partial charge in [-0.25, -0.2) is 0 Å². The molecule has 3 rings (SSSR count). The number of nitrogen functional groups attached to an aromatic ring is 1. The van der Waals surface area contributed by atoms with Crippen LogP contribution in [0, 0.1) is 6.92 Å². The van der Waals surface area contributed by atoms with Crippen molar-refractivity contribution in [2.75, 3.05) is 5.73 Å². The standard InChI is InChI=1S/C13H13BrN4/c1-7-12(9-6-11(15)17-16-9)13-8(14)4-3-5-10(13)18(7)2/h3-6H,1-2H3,(H3,15,16,17). The zero-order chi connectivity index (χ0) is 12.9. The summed E-state index contributed by atoms with van der Waals surface area (Å²) in [5.74, 6) is 0.508. The number of fused-ring (bicyclic) bond motifs is 1. The predicted molar refractivity (Wildman–Crippen MR) is 77.4 cm³/mol. The van der Waals surface area contributed by atoms with Crippen molar-refractivity contribution in [3.05, 3.63) is 34.4 Å². The maximum absolute atomic E-state index is 5.69. The van der Waals surface area contributed by atoms with E-state index in [0.717, 1.165) is 15.7 Å². The van der Waals surface area contributed by atoms with Crippen molar-refractivity contribution >= 4 is 32.7 Å². The van der Waals surface area contributed by atoms with Gasteiger partial charge in [0.1, 0.15) is 5.82 Å². The third kappa shape index (κ3) is 1.47. The number of rotatable bonds is 1. The van der Waals surface area contributed by atoms with E-state index >= 15 is 0 Å². The molecule has 0 bridgehead atoms. The number of aromatic amines is 1. The number of nitrogens with one attached hydrogen (secondary N) is 1. The summed E-state index contributed by atoms with van der Waals surface area (Å²) in [6.45, 7) is 2.10. The number of nitrogens with zero attached hydrogens (tertiary/aromatic N) is 2. The molecule has 92 valence electrons. The Balaban J connectivity index is 2.45. The monoisotopic (exact) mass is 304 g/mol. The van der Waals surface area contributed by atoms with Crippen molar-refractivity contribution in [2.24, 2.45) is 7.05 Å². The third-order valence-electron chi connectivity index (χ3n) is 3.33. The molecular weight excluding hydrogens is 292 g/mol. The van der Waals surface area contributed by atoms with Crippen molar-refractivity contribution in [2.45, 2.75) is 6.92 Å². The summed E-state index contributed by atoms with van der Waals surface area (Å²) < 4.78 is 3.25. The molecule has 1 aromatic carbocycles. The van der Waals surface area contributed by atoms with Crippen LogP contribution in [-0.4, -0.2) is 14.8 Å². The number of nitrogens with two attached hydrogens (primary N) is 1. The SMILES string of the molecule is Cc1c(-c2cc(N)n[nH]2)c2c(Br)cccc2n1C. The van der Waals surface area contributed by atoms with Gasteiger partial charge in [0.2, 0.25) is 0 Å². The van der Waals surface area contributed by atoms with Gasteiger partial charge in [0.15, 0.2) is 0 Å². The summed E-state index contributed by atoms with van der Waals surface area (Å²) in [6, 6.07) is 8.06. The highest BCUT2D eigenvalue weighted by Crippen LogP contribution is 2.37. The van der Waals surface area contributed by atoms with Gasteiger partial charge in [0, 0.05) is 39.7 Å². The van der Waals surface area contributed by atoms with E-state index in [0.29, 0.717) is 5.82 Å². The molecule has 5 heteroatoms. The van der Waals surface area contributed by atoms with Crippen LogP contribution in [0.3, 0.4) is 0 Å². The minimum atomic E-state index is 0.508. The van der Waals surface area contributed by atoms with Gasteiger partial charge in [-0.2, -0.15) is 5.10 Å². The highest BCUT2D eigenvalue weighted by Gasteiger charge is 2.17. The van der Waals surface area contributed by atoms with Crippen LogP contribution < -0.4 is 5.73 Å². The molecule has 0 saturated carbocycles. The van der Waals surface area contributed by atoms with E-state index < -0.39 is 0 Å². The number of H-pyrrole nitrogens is 1. The lowest BCUT2D eigenvalue weighted by Crippen LogP contribution is -1.90. The van der Waals surface area contributed by atoms with Gasteiger partial charge < -0.3 is 10.3 Å². The maximum Gasteiger partial charge on any atom is 0.145 e. The van der Waals surface area contributed by atoms with Gasteiger partial charge in [-0.3, -0.25) is 5.10 Å². The molecule has 4 nitrogen and oxygen atoms in total. The summed E-state index contributed by atoms with van der Waals surface area (Å²) >= 11 is 3.62. The number of halogens is 1. The first-order chi connectivity index (χ1) is 8.59. The largest absolute Gasteiger partial charge is 0.382 e. The Hall–Kier alpha value is -1.75. The smallest absolute Gasteiger partial charge is 0.145 e. The van der Waals surface area contributed by atoms with Crippen LogP contribution in [0.2, 0.25) is 0 Å². The van der Waals surface area contributed by atoms with E-state index in [1.54, 1.807) is 0 Å². The molecule has 0 fully saturated rings. The zero-order valence-corrected chi connectivity index (χ0v) is 11.7. The Kier molecular flexibility index (Phi) is 2.45. The highest BCUT2D eigenvalue weighted by atomic mass is 79.9. The lowest BCUT2D eigenvalue weighted by molar-refractivity contribution is 0.918. The molecule has 0 aliphatic rings. The minimum absolute atomic E-state index is 0.508. The van der Waals surface area contributed by atoms with Crippen LogP contribution in [0.4, 0.5) is 5.82 Å². The highest BCUT2D eigenvalue weighted by molar-refractivity contribution is 9.10. The number of benzene rings is 1. The molecule has 0 saturated heterocycles. The summed E-state index contributed by atoms with van der Waals surface area (Å²) in [5, 5.41) is 8.18. The van der Waals surface area contributed by atoms with Gasteiger partial charge in [-0.1, -0.05) is 22.0 Å². The van der Waals surface area contributed by atoms with Crippen LogP contribution in [0.25, 0.3) is 22.2 Å². The van der Waals surface area contributed by atoms with Crippen molar-refractivity contribution in [3.63, 3.8) is 0 Å². The second kappa shape index (κ2) is 3.88. The van der Waals surface area contributed by atoms with Crippen molar-refractivity contribution in [1.82, 2.24) is 14.8 Å². The fourth-order valence-electron chi connectivity index (χ4n) is 2.36. The van der Waals surface area contributed by atoms with Crippen LogP contribution in [-0.2, 0) is 7.05 Å². The van der Waals surface area contributed by atoms with E-state index in [4.69, 9.17) is 5.73 Å². The molecule has 0 amide bonds. The van der Waals surface area contributed by atoms with Gasteiger partial charge in [0.25, 0.3) is 0 Å². The molecule has 0 spiro atoms. The fraction of sp³-hybridized carbons (Fsp3) is 0.154. The zero-order valence-electron chi connectivity index (χ0n) is 10.2. The van der Waals surface area contributed by atoms with Crippen molar-refractivity contribution in [3.8, 4) is 11.3 Å².